The van der Waals surface area contributed by atoms with Gasteiger partial charge >= 0.3 is 6.03 Å². The van der Waals surface area contributed by atoms with Crippen LogP contribution in [0.25, 0.3) is 11.3 Å². The zero-order valence-electron chi connectivity index (χ0n) is 16.7. The molecule has 2 aromatic carbocycles. The van der Waals surface area contributed by atoms with Crippen LogP contribution in [0.2, 0.25) is 10.0 Å². The fraction of sp³-hybridized carbons (Fsp3) is 0.143. The molecule has 1 atom stereocenters. The summed E-state index contributed by atoms with van der Waals surface area (Å²) in [5, 5.41) is 12.9. The highest BCUT2D eigenvalue weighted by Gasteiger charge is 2.38. The van der Waals surface area contributed by atoms with Gasteiger partial charge in [0.1, 0.15) is 23.6 Å². The molecule has 4 rings (SSSR count). The monoisotopic (exact) mass is 490 g/mol. The van der Waals surface area contributed by atoms with Crippen molar-refractivity contribution in [3.8, 4) is 17.3 Å². The van der Waals surface area contributed by atoms with Gasteiger partial charge in [-0.1, -0.05) is 29.3 Å². The van der Waals surface area contributed by atoms with Gasteiger partial charge in [-0.2, -0.15) is 10.4 Å². The lowest BCUT2D eigenvalue weighted by molar-refractivity contribution is 0.0995. The van der Waals surface area contributed by atoms with Crippen LogP contribution in [0.1, 0.15) is 33.2 Å². The van der Waals surface area contributed by atoms with E-state index >= 15 is 0 Å². The minimum absolute atomic E-state index is 0.0618. The van der Waals surface area contributed by atoms with Crippen molar-refractivity contribution >= 4 is 35.1 Å². The smallest absolute Gasteiger partial charge is 0.315 e. The molecule has 4 N–H and O–H groups in total. The fourth-order valence-corrected chi connectivity index (χ4v) is 4.39. The summed E-state index contributed by atoms with van der Waals surface area (Å²) in [5.74, 6) is -2.54. The van der Waals surface area contributed by atoms with E-state index in [-0.39, 0.29) is 56.8 Å². The number of carbonyl (C=O) groups is 2. The summed E-state index contributed by atoms with van der Waals surface area (Å²) in [5.41, 5.74) is 11.7. The normalized spacial score (nSPS) is 15.1. The number of primary amides is 2. The van der Waals surface area contributed by atoms with Crippen molar-refractivity contribution in [2.75, 3.05) is 6.54 Å². The molecule has 0 fully saturated rings. The number of hydrogen-bond acceptors (Lipinski definition) is 4. The SMILES string of the molecule is N#Cc1ccc(C2c3c(C(N)=O)c(-c4cc(Cl)c(F)c(Cl)c4)nn3CCN2C(N)=O)cc1F. The summed E-state index contributed by atoms with van der Waals surface area (Å²) in [4.78, 5) is 26.0. The third-order valence-corrected chi connectivity index (χ3v) is 5.88. The Hall–Kier alpha value is -3.68. The van der Waals surface area contributed by atoms with Gasteiger partial charge in [-0.25, -0.2) is 13.6 Å². The number of halogens is 4. The number of aromatic nitrogens is 2. The average molecular weight is 491 g/mol. The van der Waals surface area contributed by atoms with Crippen LogP contribution in [0.15, 0.2) is 30.3 Å². The van der Waals surface area contributed by atoms with Gasteiger partial charge in [0.2, 0.25) is 0 Å². The third-order valence-electron chi connectivity index (χ3n) is 5.33. The van der Waals surface area contributed by atoms with Crippen LogP contribution in [0.5, 0.6) is 0 Å². The molecule has 8 nitrogen and oxygen atoms in total. The van der Waals surface area contributed by atoms with Gasteiger partial charge < -0.3 is 16.4 Å². The maximum atomic E-state index is 14.4. The number of carbonyl (C=O) groups excluding carboxylic acids is 2. The molecule has 33 heavy (non-hydrogen) atoms. The molecular formula is C21H14Cl2F2N6O2. The van der Waals surface area contributed by atoms with Crippen LogP contribution in [0, 0.1) is 23.0 Å². The second-order valence-electron chi connectivity index (χ2n) is 7.24. The Kier molecular flexibility index (Phi) is 5.69. The van der Waals surface area contributed by atoms with Crippen LogP contribution in [0.4, 0.5) is 13.6 Å². The number of nitrogens with two attached hydrogens (primary N) is 2. The lowest BCUT2D eigenvalue weighted by Gasteiger charge is -2.35. The van der Waals surface area contributed by atoms with Crippen LogP contribution in [-0.2, 0) is 6.54 Å². The maximum absolute atomic E-state index is 14.4. The highest BCUT2D eigenvalue weighted by molar-refractivity contribution is 6.35. The first kappa shape index (κ1) is 22.5. The van der Waals surface area contributed by atoms with Crippen molar-refractivity contribution in [3.05, 3.63) is 74.4 Å². The lowest BCUT2D eigenvalue weighted by Crippen LogP contribution is -2.46. The molecule has 0 aliphatic carbocycles. The number of benzene rings is 2. The van der Waals surface area contributed by atoms with Crippen LogP contribution >= 0.6 is 23.2 Å². The molecule has 3 aromatic rings. The maximum Gasteiger partial charge on any atom is 0.315 e. The first-order valence-electron chi connectivity index (χ1n) is 9.45. The molecule has 12 heteroatoms. The van der Waals surface area contributed by atoms with E-state index in [9.17, 15) is 18.4 Å². The van der Waals surface area contributed by atoms with Crippen molar-refractivity contribution in [2.45, 2.75) is 12.6 Å². The lowest BCUT2D eigenvalue weighted by atomic mass is 9.94. The third kappa shape index (κ3) is 3.75. The highest BCUT2D eigenvalue weighted by Crippen LogP contribution is 2.40. The zero-order chi connectivity index (χ0) is 24.0. The standard InChI is InChI=1S/C21H14Cl2F2N6O2/c22-12-5-11(6-13(23)16(12)25)17-15(20(27)32)19-18(9-1-2-10(8-26)14(24)7-9)30(21(28)33)3-4-31(19)29-17/h1-2,5-7,18H,3-4H2,(H2,27,32)(H2,28,33). The number of nitrogens with zero attached hydrogens (tertiary/aromatic N) is 4. The van der Waals surface area contributed by atoms with Gasteiger partial charge in [-0.05, 0) is 29.8 Å². The van der Waals surface area contributed by atoms with E-state index in [1.165, 1.54) is 33.8 Å². The molecule has 1 aliphatic rings. The molecule has 1 unspecified atom stereocenters. The van der Waals surface area contributed by atoms with Gasteiger partial charge in [0, 0.05) is 12.1 Å². The molecular weight excluding hydrogens is 477 g/mol. The van der Waals surface area contributed by atoms with E-state index in [0.717, 1.165) is 6.07 Å². The van der Waals surface area contributed by atoms with E-state index in [1.54, 1.807) is 6.07 Å². The van der Waals surface area contributed by atoms with Crippen LogP contribution < -0.4 is 11.5 Å². The minimum Gasteiger partial charge on any atom is -0.365 e. The van der Waals surface area contributed by atoms with Gasteiger partial charge in [-0.15, -0.1) is 0 Å². The summed E-state index contributed by atoms with van der Waals surface area (Å²) >= 11 is 11.8. The Morgan fingerprint density at radius 3 is 2.33 bits per heavy atom. The summed E-state index contributed by atoms with van der Waals surface area (Å²) in [6.45, 7) is 0.245. The van der Waals surface area contributed by atoms with E-state index in [4.69, 9.17) is 39.9 Å². The number of fused-ring (bicyclic) bond motifs is 1. The molecule has 1 aromatic heterocycles. The fourth-order valence-electron chi connectivity index (χ4n) is 3.91. The minimum atomic E-state index is -1.03. The van der Waals surface area contributed by atoms with Crippen molar-refractivity contribution in [2.24, 2.45) is 11.5 Å². The van der Waals surface area contributed by atoms with E-state index in [2.05, 4.69) is 5.10 Å². The summed E-state index contributed by atoms with van der Waals surface area (Å²) in [7, 11) is 0. The van der Waals surface area contributed by atoms with Crippen molar-refractivity contribution in [1.29, 1.82) is 5.26 Å². The second-order valence-corrected chi connectivity index (χ2v) is 8.05. The Morgan fingerprint density at radius 1 is 1.12 bits per heavy atom. The van der Waals surface area contributed by atoms with Crippen molar-refractivity contribution in [1.82, 2.24) is 14.7 Å². The Labute approximate surface area is 195 Å². The topological polar surface area (TPSA) is 131 Å². The number of urea groups is 1. The molecule has 2 heterocycles. The number of hydrogen-bond donors (Lipinski definition) is 2. The van der Waals surface area contributed by atoms with Crippen LogP contribution in [-0.4, -0.2) is 33.2 Å². The molecule has 0 radical (unpaired) electrons. The van der Waals surface area contributed by atoms with Gasteiger partial charge in [0.05, 0.1) is 33.4 Å². The summed E-state index contributed by atoms with van der Waals surface area (Å²) < 4.78 is 29.8. The van der Waals surface area contributed by atoms with Gasteiger partial charge in [0.15, 0.2) is 5.82 Å². The number of rotatable bonds is 3. The Bertz CT molecular complexity index is 1340. The zero-order valence-corrected chi connectivity index (χ0v) is 18.2. The predicted octanol–water partition coefficient (Wildman–Crippen LogP) is 3.59. The number of amides is 3. The Morgan fingerprint density at radius 2 is 1.79 bits per heavy atom. The van der Waals surface area contributed by atoms with Crippen molar-refractivity contribution < 1.29 is 18.4 Å². The number of nitriles is 1. The largest absolute Gasteiger partial charge is 0.365 e. The Balaban J connectivity index is 2.00. The average Bonchev–Trinajstić information content (AvgIpc) is 3.16. The molecule has 168 valence electrons. The van der Waals surface area contributed by atoms with E-state index in [1.807, 2.05) is 0 Å². The quantitative estimate of drug-likeness (QED) is 0.542. The molecule has 0 bridgehead atoms. The first-order chi connectivity index (χ1) is 15.6. The molecule has 0 spiro atoms. The van der Waals surface area contributed by atoms with E-state index < -0.39 is 29.6 Å². The predicted molar refractivity (Wildman–Crippen MR) is 115 cm³/mol. The second kappa shape index (κ2) is 8.35. The van der Waals surface area contributed by atoms with Gasteiger partial charge in [-0.3, -0.25) is 9.48 Å². The molecule has 1 aliphatic heterocycles. The van der Waals surface area contributed by atoms with Crippen molar-refractivity contribution in [3.63, 3.8) is 0 Å². The molecule has 0 saturated carbocycles. The van der Waals surface area contributed by atoms with Gasteiger partial charge in [0.25, 0.3) is 5.91 Å². The molecule has 3 amide bonds. The summed E-state index contributed by atoms with van der Waals surface area (Å²) in [6, 6.07) is 6.13. The summed E-state index contributed by atoms with van der Waals surface area (Å²) in [6.07, 6.45) is 0. The first-order valence-corrected chi connectivity index (χ1v) is 10.2. The van der Waals surface area contributed by atoms with Crippen LogP contribution in [0.3, 0.4) is 0 Å². The van der Waals surface area contributed by atoms with E-state index in [0.29, 0.717) is 0 Å². The molecule has 0 saturated heterocycles. The highest BCUT2D eigenvalue weighted by atomic mass is 35.5.